The number of amides is 2. The molecule has 0 spiro atoms. The summed E-state index contributed by atoms with van der Waals surface area (Å²) in [7, 11) is 0. The first kappa shape index (κ1) is 16.3. The first-order valence-corrected chi connectivity index (χ1v) is 6.74. The van der Waals surface area contributed by atoms with E-state index < -0.39 is 18.8 Å². The molecule has 2 N–H and O–H groups in total. The molecule has 1 aromatic heterocycles. The van der Waals surface area contributed by atoms with Gasteiger partial charge in [-0.05, 0) is 18.9 Å². The van der Waals surface area contributed by atoms with E-state index in [0.29, 0.717) is 18.8 Å². The fourth-order valence-electron chi connectivity index (χ4n) is 1.88. The Hall–Kier alpha value is -2.03. The van der Waals surface area contributed by atoms with Gasteiger partial charge in [-0.15, -0.1) is 0 Å². The number of hydrogen-bond donors (Lipinski definition) is 2. The van der Waals surface area contributed by atoms with Crippen molar-refractivity contribution in [3.63, 3.8) is 0 Å². The predicted molar refractivity (Wildman–Crippen MR) is 71.8 cm³/mol. The Morgan fingerprint density at radius 3 is 2.86 bits per heavy atom. The minimum atomic E-state index is -4.42. The number of nitrogens with one attached hydrogen (secondary N) is 2. The molecule has 0 saturated carbocycles. The Morgan fingerprint density at radius 2 is 2.27 bits per heavy atom. The summed E-state index contributed by atoms with van der Waals surface area (Å²) in [6.45, 7) is -0.294. The van der Waals surface area contributed by atoms with E-state index >= 15 is 0 Å². The van der Waals surface area contributed by atoms with Gasteiger partial charge < -0.3 is 20.1 Å². The number of carbonyl (C=O) groups excluding carboxylic acids is 1. The zero-order chi connectivity index (χ0) is 16.0. The summed E-state index contributed by atoms with van der Waals surface area (Å²) >= 11 is 0. The van der Waals surface area contributed by atoms with Crippen LogP contribution >= 0.6 is 0 Å². The highest BCUT2D eigenvalue weighted by Crippen LogP contribution is 2.18. The van der Waals surface area contributed by atoms with E-state index in [9.17, 15) is 18.0 Å². The SMILES string of the molecule is O=C(NCC1CCCO1)Nc1ccc(OCC(F)(F)F)nc1. The number of nitrogens with zero attached hydrogens (tertiary/aromatic N) is 1. The van der Waals surface area contributed by atoms with Gasteiger partial charge in [-0.3, -0.25) is 0 Å². The van der Waals surface area contributed by atoms with E-state index in [0.717, 1.165) is 12.8 Å². The molecule has 6 nitrogen and oxygen atoms in total. The molecule has 0 radical (unpaired) electrons. The molecule has 1 saturated heterocycles. The van der Waals surface area contributed by atoms with Crippen LogP contribution in [0.5, 0.6) is 5.88 Å². The summed E-state index contributed by atoms with van der Waals surface area (Å²) in [5.41, 5.74) is 0.351. The molecule has 1 fully saturated rings. The first-order chi connectivity index (χ1) is 10.4. The molecule has 0 aliphatic carbocycles. The number of rotatable bonds is 5. The van der Waals surface area contributed by atoms with Crippen LogP contribution < -0.4 is 15.4 Å². The van der Waals surface area contributed by atoms with Crippen LogP contribution in [0.25, 0.3) is 0 Å². The van der Waals surface area contributed by atoms with Crippen LogP contribution in [-0.4, -0.2) is 43.1 Å². The Kier molecular flexibility index (Phi) is 5.42. The molecule has 9 heteroatoms. The number of ether oxygens (including phenoxy) is 2. The quantitative estimate of drug-likeness (QED) is 0.874. The minimum Gasteiger partial charge on any atom is -0.468 e. The van der Waals surface area contributed by atoms with E-state index in [1.807, 2.05) is 0 Å². The number of carbonyl (C=O) groups is 1. The monoisotopic (exact) mass is 319 g/mol. The molecule has 22 heavy (non-hydrogen) atoms. The highest BCUT2D eigenvalue weighted by atomic mass is 19.4. The number of halogens is 3. The molecule has 1 unspecified atom stereocenters. The summed E-state index contributed by atoms with van der Waals surface area (Å²) in [5.74, 6) is -0.164. The normalized spacial score (nSPS) is 18.0. The van der Waals surface area contributed by atoms with Gasteiger partial charge in [0, 0.05) is 19.2 Å². The molecule has 122 valence electrons. The van der Waals surface area contributed by atoms with Crippen molar-refractivity contribution >= 4 is 11.7 Å². The van der Waals surface area contributed by atoms with Gasteiger partial charge in [-0.25, -0.2) is 9.78 Å². The van der Waals surface area contributed by atoms with Crippen molar-refractivity contribution < 1.29 is 27.4 Å². The second-order valence-electron chi connectivity index (χ2n) is 4.76. The second kappa shape index (κ2) is 7.30. The van der Waals surface area contributed by atoms with Gasteiger partial charge in [-0.2, -0.15) is 13.2 Å². The number of aromatic nitrogens is 1. The molecule has 1 aliphatic rings. The smallest absolute Gasteiger partial charge is 0.422 e. The van der Waals surface area contributed by atoms with Crippen LogP contribution in [0.15, 0.2) is 18.3 Å². The number of urea groups is 1. The Labute approximate surface area is 125 Å². The second-order valence-corrected chi connectivity index (χ2v) is 4.76. The number of hydrogen-bond acceptors (Lipinski definition) is 4. The molecule has 1 atom stereocenters. The van der Waals surface area contributed by atoms with Gasteiger partial charge in [-0.1, -0.05) is 0 Å². The average Bonchev–Trinajstić information content (AvgIpc) is 2.97. The average molecular weight is 319 g/mol. The molecule has 0 bridgehead atoms. The molecular weight excluding hydrogens is 303 g/mol. The van der Waals surface area contributed by atoms with Gasteiger partial charge in [0.15, 0.2) is 6.61 Å². The molecule has 1 aliphatic heterocycles. The summed E-state index contributed by atoms with van der Waals surface area (Å²) in [6, 6.07) is 2.23. The number of alkyl halides is 3. The van der Waals surface area contributed by atoms with Crippen molar-refractivity contribution in [1.82, 2.24) is 10.3 Å². The molecule has 0 aromatic carbocycles. The van der Waals surface area contributed by atoms with E-state index in [-0.39, 0.29) is 12.0 Å². The Balaban J connectivity index is 1.74. The van der Waals surface area contributed by atoms with Crippen LogP contribution in [0.3, 0.4) is 0 Å². The summed E-state index contributed by atoms with van der Waals surface area (Å²) in [6.07, 6.45) is -1.27. The number of anilines is 1. The predicted octanol–water partition coefficient (Wildman–Crippen LogP) is 2.32. The van der Waals surface area contributed by atoms with Crippen LogP contribution in [0.4, 0.5) is 23.7 Å². The lowest BCUT2D eigenvalue weighted by atomic mass is 10.2. The largest absolute Gasteiger partial charge is 0.468 e. The van der Waals surface area contributed by atoms with Gasteiger partial charge in [0.25, 0.3) is 0 Å². The van der Waals surface area contributed by atoms with Crippen molar-refractivity contribution in [3.05, 3.63) is 18.3 Å². The summed E-state index contributed by atoms with van der Waals surface area (Å²) < 4.78 is 45.8. The van der Waals surface area contributed by atoms with Crippen molar-refractivity contribution in [1.29, 1.82) is 0 Å². The maximum absolute atomic E-state index is 12.0. The zero-order valence-electron chi connectivity index (χ0n) is 11.7. The highest BCUT2D eigenvalue weighted by molar-refractivity contribution is 5.89. The van der Waals surface area contributed by atoms with E-state index in [4.69, 9.17) is 4.74 Å². The molecular formula is C13H16F3N3O3. The maximum Gasteiger partial charge on any atom is 0.422 e. The highest BCUT2D eigenvalue weighted by Gasteiger charge is 2.28. The van der Waals surface area contributed by atoms with E-state index in [1.54, 1.807) is 0 Å². The molecule has 2 heterocycles. The fourth-order valence-corrected chi connectivity index (χ4v) is 1.88. The van der Waals surface area contributed by atoms with Crippen molar-refractivity contribution in [3.8, 4) is 5.88 Å². The standard InChI is InChI=1S/C13H16F3N3O3/c14-13(15,16)8-22-11-4-3-9(6-17-11)19-12(20)18-7-10-2-1-5-21-10/h3-4,6,10H,1-2,5,7-8H2,(H2,18,19,20). The molecule has 2 amide bonds. The third kappa shape index (κ3) is 5.76. The van der Waals surface area contributed by atoms with Gasteiger partial charge >= 0.3 is 12.2 Å². The van der Waals surface area contributed by atoms with Gasteiger partial charge in [0.2, 0.25) is 5.88 Å². The lowest BCUT2D eigenvalue weighted by molar-refractivity contribution is -0.154. The van der Waals surface area contributed by atoms with Crippen molar-refractivity contribution in [2.24, 2.45) is 0 Å². The first-order valence-electron chi connectivity index (χ1n) is 6.74. The van der Waals surface area contributed by atoms with Gasteiger partial charge in [0.05, 0.1) is 18.0 Å². The minimum absolute atomic E-state index is 0.0296. The fraction of sp³-hybridized carbons (Fsp3) is 0.538. The Bertz CT molecular complexity index is 488. The maximum atomic E-state index is 12.0. The third-order valence-corrected chi connectivity index (χ3v) is 2.89. The van der Waals surface area contributed by atoms with Crippen LogP contribution in [0.2, 0.25) is 0 Å². The van der Waals surface area contributed by atoms with Crippen molar-refractivity contribution in [2.45, 2.75) is 25.1 Å². The lowest BCUT2D eigenvalue weighted by Gasteiger charge is -2.12. The molecule has 1 aromatic rings. The van der Waals surface area contributed by atoms with Crippen molar-refractivity contribution in [2.75, 3.05) is 25.1 Å². The van der Waals surface area contributed by atoms with Crippen LogP contribution in [0, 0.1) is 0 Å². The summed E-state index contributed by atoms with van der Waals surface area (Å²) in [5, 5.41) is 5.17. The zero-order valence-corrected chi connectivity index (χ0v) is 11.7. The van der Waals surface area contributed by atoms with Crippen LogP contribution in [0.1, 0.15) is 12.8 Å². The van der Waals surface area contributed by atoms with Crippen LogP contribution in [-0.2, 0) is 4.74 Å². The lowest BCUT2D eigenvalue weighted by Crippen LogP contribution is -2.35. The number of pyridine rings is 1. The summed E-state index contributed by atoms with van der Waals surface area (Å²) in [4.78, 5) is 15.3. The van der Waals surface area contributed by atoms with E-state index in [1.165, 1.54) is 18.3 Å². The Morgan fingerprint density at radius 1 is 1.45 bits per heavy atom. The topological polar surface area (TPSA) is 72.5 Å². The van der Waals surface area contributed by atoms with E-state index in [2.05, 4.69) is 20.4 Å². The molecule has 2 rings (SSSR count). The third-order valence-electron chi connectivity index (χ3n) is 2.89. The van der Waals surface area contributed by atoms with Gasteiger partial charge in [0.1, 0.15) is 0 Å².